The number of hydrogen-bond acceptors (Lipinski definition) is 4. The van der Waals surface area contributed by atoms with Crippen molar-refractivity contribution in [3.8, 4) is 0 Å². The number of halogens is 1. The predicted molar refractivity (Wildman–Crippen MR) is 92.5 cm³/mol. The largest absolute Gasteiger partial charge is 0.348 e. The Kier molecular flexibility index (Phi) is 5.10. The van der Waals surface area contributed by atoms with Crippen LogP contribution in [0, 0.1) is 0 Å². The quantitative estimate of drug-likeness (QED) is 0.892. The van der Waals surface area contributed by atoms with Crippen molar-refractivity contribution in [3.05, 3.63) is 38.8 Å². The number of carbonyl (C=O) groups excluding carboxylic acids is 1. The Hall–Kier alpha value is -0.980. The van der Waals surface area contributed by atoms with Crippen molar-refractivity contribution >= 4 is 40.6 Å². The molecule has 118 valence electrons. The maximum atomic E-state index is 12.1. The normalized spacial score (nSPS) is 17.3. The average molecular weight is 356 g/mol. The molecule has 0 aliphatic heterocycles. The van der Waals surface area contributed by atoms with Crippen LogP contribution in [0.4, 0.5) is 0 Å². The summed E-state index contributed by atoms with van der Waals surface area (Å²) in [5, 5.41) is 7.45. The van der Waals surface area contributed by atoms with Gasteiger partial charge in [-0.05, 0) is 31.4 Å². The highest BCUT2D eigenvalue weighted by Crippen LogP contribution is 2.29. The van der Waals surface area contributed by atoms with Crippen LogP contribution in [-0.2, 0) is 24.0 Å². The Morgan fingerprint density at radius 3 is 3.23 bits per heavy atom. The molecule has 22 heavy (non-hydrogen) atoms. The summed E-state index contributed by atoms with van der Waals surface area (Å²) in [5.41, 5.74) is 2.43. The maximum Gasteiger partial charge on any atom is 0.230 e. The van der Waals surface area contributed by atoms with E-state index in [1.54, 1.807) is 23.1 Å². The number of carbonyl (C=O) groups is 1. The van der Waals surface area contributed by atoms with Gasteiger partial charge >= 0.3 is 0 Å². The van der Waals surface area contributed by atoms with Gasteiger partial charge in [0.25, 0.3) is 0 Å². The number of thioether (sulfide) groups is 1. The van der Waals surface area contributed by atoms with Crippen LogP contribution in [0.5, 0.6) is 0 Å². The second kappa shape index (κ2) is 7.06. The van der Waals surface area contributed by atoms with Crippen molar-refractivity contribution in [3.63, 3.8) is 0 Å². The Balaban J connectivity index is 1.50. The third kappa shape index (κ3) is 3.67. The van der Waals surface area contributed by atoms with E-state index in [0.29, 0.717) is 5.75 Å². The lowest BCUT2D eigenvalue weighted by molar-refractivity contribution is -0.119. The van der Waals surface area contributed by atoms with E-state index in [-0.39, 0.29) is 11.9 Å². The van der Waals surface area contributed by atoms with Crippen molar-refractivity contribution in [1.29, 1.82) is 0 Å². The Morgan fingerprint density at radius 1 is 1.59 bits per heavy atom. The van der Waals surface area contributed by atoms with E-state index in [1.165, 1.54) is 16.1 Å². The van der Waals surface area contributed by atoms with E-state index >= 15 is 0 Å². The van der Waals surface area contributed by atoms with Gasteiger partial charge in [0, 0.05) is 28.9 Å². The maximum absolute atomic E-state index is 12.1. The van der Waals surface area contributed by atoms with Crippen LogP contribution >= 0.6 is 34.7 Å². The van der Waals surface area contributed by atoms with Gasteiger partial charge in [0.1, 0.15) is 0 Å². The number of rotatable bonds is 5. The van der Waals surface area contributed by atoms with E-state index in [0.717, 1.165) is 29.4 Å². The third-order valence-electron chi connectivity index (χ3n) is 3.82. The van der Waals surface area contributed by atoms with E-state index < -0.39 is 0 Å². The molecule has 0 aromatic carbocycles. The van der Waals surface area contributed by atoms with E-state index in [1.807, 2.05) is 30.1 Å². The monoisotopic (exact) mass is 355 g/mol. The van der Waals surface area contributed by atoms with Crippen LogP contribution in [0.2, 0.25) is 4.34 Å². The molecule has 3 rings (SSSR count). The highest BCUT2D eigenvalue weighted by Gasteiger charge is 2.24. The summed E-state index contributed by atoms with van der Waals surface area (Å²) in [4.78, 5) is 13.3. The Labute approximate surface area is 143 Å². The van der Waals surface area contributed by atoms with Crippen LogP contribution < -0.4 is 5.32 Å². The van der Waals surface area contributed by atoms with Gasteiger partial charge in [-0.25, -0.2) is 0 Å². The lowest BCUT2D eigenvalue weighted by Gasteiger charge is -2.23. The average Bonchev–Trinajstić information content (AvgIpc) is 3.07. The van der Waals surface area contributed by atoms with Crippen molar-refractivity contribution < 1.29 is 4.79 Å². The first-order valence-corrected chi connectivity index (χ1v) is 9.60. The molecule has 7 heteroatoms. The standard InChI is InChI=1S/C15H18ClN3OS2/c1-19-13-4-2-3-12(11(13)7-17-19)18-15(20)9-21-8-10-5-6-14(16)22-10/h5-7,12H,2-4,8-9H2,1H3,(H,18,20)/t12-/m1/s1. The summed E-state index contributed by atoms with van der Waals surface area (Å²) in [6, 6.07) is 4.02. The van der Waals surface area contributed by atoms with Crippen molar-refractivity contribution in [2.75, 3.05) is 5.75 Å². The summed E-state index contributed by atoms with van der Waals surface area (Å²) in [6.07, 6.45) is 5.03. The Morgan fingerprint density at radius 2 is 2.45 bits per heavy atom. The highest BCUT2D eigenvalue weighted by atomic mass is 35.5. The SMILES string of the molecule is Cn1ncc2c1CCC[C@H]2NC(=O)CSCc1ccc(Cl)s1. The van der Waals surface area contributed by atoms with Crippen LogP contribution in [-0.4, -0.2) is 21.4 Å². The number of nitrogens with zero attached hydrogens (tertiary/aromatic N) is 2. The predicted octanol–water partition coefficient (Wildman–Crippen LogP) is 3.56. The van der Waals surface area contributed by atoms with Gasteiger partial charge in [-0.3, -0.25) is 9.48 Å². The van der Waals surface area contributed by atoms with E-state index in [9.17, 15) is 4.79 Å². The molecule has 0 bridgehead atoms. The number of thiophene rings is 1. The van der Waals surface area contributed by atoms with E-state index in [2.05, 4.69) is 10.4 Å². The molecule has 0 unspecified atom stereocenters. The van der Waals surface area contributed by atoms with Crippen LogP contribution in [0.15, 0.2) is 18.3 Å². The second-order valence-electron chi connectivity index (χ2n) is 5.38. The van der Waals surface area contributed by atoms with Crippen molar-refractivity contribution in [1.82, 2.24) is 15.1 Å². The van der Waals surface area contributed by atoms with Gasteiger partial charge in [0.2, 0.25) is 5.91 Å². The van der Waals surface area contributed by atoms with Gasteiger partial charge in [0.15, 0.2) is 0 Å². The minimum Gasteiger partial charge on any atom is -0.348 e. The lowest BCUT2D eigenvalue weighted by atomic mass is 9.93. The smallest absolute Gasteiger partial charge is 0.230 e. The van der Waals surface area contributed by atoms with Crippen molar-refractivity contribution in [2.45, 2.75) is 31.1 Å². The van der Waals surface area contributed by atoms with Gasteiger partial charge in [-0.1, -0.05) is 11.6 Å². The zero-order valence-corrected chi connectivity index (χ0v) is 14.7. The number of amides is 1. The summed E-state index contributed by atoms with van der Waals surface area (Å²) in [5.74, 6) is 1.39. The molecule has 1 atom stereocenters. The van der Waals surface area contributed by atoms with Crippen molar-refractivity contribution in [2.24, 2.45) is 7.05 Å². The zero-order valence-electron chi connectivity index (χ0n) is 12.3. The molecule has 1 amide bonds. The molecular formula is C15H18ClN3OS2. The molecule has 2 aromatic heterocycles. The molecule has 0 radical (unpaired) electrons. The first-order chi connectivity index (χ1) is 10.6. The molecule has 0 saturated carbocycles. The summed E-state index contributed by atoms with van der Waals surface area (Å²) < 4.78 is 2.72. The molecule has 1 N–H and O–H groups in total. The third-order valence-corrected chi connectivity index (χ3v) is 6.21. The number of nitrogens with one attached hydrogen (secondary N) is 1. The summed E-state index contributed by atoms with van der Waals surface area (Å²) in [7, 11) is 1.96. The minimum absolute atomic E-state index is 0.0920. The van der Waals surface area contributed by atoms with Gasteiger partial charge in [0.05, 0.1) is 22.3 Å². The minimum atomic E-state index is 0.0920. The Bertz CT molecular complexity index is 668. The number of hydrogen-bond donors (Lipinski definition) is 1. The molecule has 1 aliphatic rings. The number of aryl methyl sites for hydroxylation is 1. The van der Waals surface area contributed by atoms with Crippen LogP contribution in [0.3, 0.4) is 0 Å². The first-order valence-electron chi connectivity index (χ1n) is 7.25. The molecule has 2 heterocycles. The van der Waals surface area contributed by atoms with E-state index in [4.69, 9.17) is 11.6 Å². The molecule has 0 fully saturated rings. The molecule has 4 nitrogen and oxygen atoms in total. The van der Waals surface area contributed by atoms with Gasteiger partial charge in [-0.2, -0.15) is 5.10 Å². The second-order valence-corrected chi connectivity index (χ2v) is 8.17. The topological polar surface area (TPSA) is 46.9 Å². The lowest BCUT2D eigenvalue weighted by Crippen LogP contribution is -2.32. The fourth-order valence-corrected chi connectivity index (χ4v) is 4.80. The van der Waals surface area contributed by atoms with Gasteiger partial charge < -0.3 is 5.32 Å². The summed E-state index contributed by atoms with van der Waals surface area (Å²) in [6.45, 7) is 0. The van der Waals surface area contributed by atoms with Crippen LogP contribution in [0.25, 0.3) is 0 Å². The highest BCUT2D eigenvalue weighted by molar-refractivity contribution is 7.99. The molecule has 0 spiro atoms. The molecular weight excluding hydrogens is 338 g/mol. The molecule has 0 saturated heterocycles. The zero-order chi connectivity index (χ0) is 15.5. The van der Waals surface area contributed by atoms with Crippen LogP contribution in [0.1, 0.15) is 35.0 Å². The number of aromatic nitrogens is 2. The first kappa shape index (κ1) is 15.9. The molecule has 2 aromatic rings. The fraction of sp³-hybridized carbons (Fsp3) is 0.467. The van der Waals surface area contributed by atoms with Gasteiger partial charge in [-0.15, -0.1) is 23.1 Å². The fourth-order valence-electron chi connectivity index (χ4n) is 2.77. The summed E-state index contributed by atoms with van der Waals surface area (Å²) >= 11 is 9.09. The number of fused-ring (bicyclic) bond motifs is 1. The molecule has 1 aliphatic carbocycles.